The van der Waals surface area contributed by atoms with Crippen molar-refractivity contribution in [2.24, 2.45) is 0 Å². The molecule has 0 aliphatic heterocycles. The van der Waals surface area contributed by atoms with E-state index in [2.05, 4.69) is 15.3 Å². The van der Waals surface area contributed by atoms with Crippen LogP contribution in [0.25, 0.3) is 11.7 Å². The molecular weight excluding hydrogens is 346 g/mol. The van der Waals surface area contributed by atoms with Crippen LogP contribution in [0.15, 0.2) is 54.6 Å². The molecule has 3 rings (SSSR count). The lowest BCUT2D eigenvalue weighted by atomic mass is 10.2. The van der Waals surface area contributed by atoms with E-state index in [1.54, 1.807) is 60.4 Å². The van der Waals surface area contributed by atoms with Crippen molar-refractivity contribution in [3.8, 4) is 6.07 Å². The zero-order valence-corrected chi connectivity index (χ0v) is 14.4. The van der Waals surface area contributed by atoms with E-state index in [1.165, 1.54) is 6.08 Å². The number of carbonyl (C=O) groups excluding carboxylic acids is 2. The minimum atomic E-state index is -0.564. The van der Waals surface area contributed by atoms with Crippen LogP contribution in [-0.4, -0.2) is 32.9 Å². The van der Waals surface area contributed by atoms with Gasteiger partial charge in [-0.25, -0.2) is 9.78 Å². The van der Waals surface area contributed by atoms with Crippen LogP contribution in [-0.2, 0) is 9.53 Å². The molecule has 27 heavy (non-hydrogen) atoms. The summed E-state index contributed by atoms with van der Waals surface area (Å²) in [4.78, 5) is 32.2. The summed E-state index contributed by atoms with van der Waals surface area (Å²) in [6.45, 7) is 2.01. The molecule has 0 radical (unpaired) electrons. The zero-order valence-electron chi connectivity index (χ0n) is 14.4. The molecule has 0 unspecified atom stereocenters. The number of anilines is 1. The van der Waals surface area contributed by atoms with Crippen molar-refractivity contribution in [3.63, 3.8) is 0 Å². The standard InChI is InChI=1S/C19H15N5O3/c1-2-27-19(26)13-3-5-15(6-4-13)23-18(25)14(10-20)9-16-11-22-17-12-21-7-8-24(16)17/h3-9,11-12H,2H2,1H3,(H,23,25). The van der Waals surface area contributed by atoms with Crippen molar-refractivity contribution in [1.82, 2.24) is 14.4 Å². The van der Waals surface area contributed by atoms with Crippen molar-refractivity contribution in [3.05, 3.63) is 65.9 Å². The maximum Gasteiger partial charge on any atom is 0.338 e. The number of hydrogen-bond donors (Lipinski definition) is 1. The van der Waals surface area contributed by atoms with Crippen LogP contribution in [0.3, 0.4) is 0 Å². The first-order valence-corrected chi connectivity index (χ1v) is 8.09. The highest BCUT2D eigenvalue weighted by Gasteiger charge is 2.12. The Morgan fingerprint density at radius 2 is 2.07 bits per heavy atom. The number of rotatable bonds is 5. The van der Waals surface area contributed by atoms with Gasteiger partial charge in [0.2, 0.25) is 0 Å². The molecule has 134 valence electrons. The Labute approximate surface area is 154 Å². The highest BCUT2D eigenvalue weighted by Crippen LogP contribution is 2.14. The second kappa shape index (κ2) is 7.93. The number of fused-ring (bicyclic) bond motifs is 1. The van der Waals surface area contributed by atoms with Gasteiger partial charge in [-0.2, -0.15) is 5.26 Å². The van der Waals surface area contributed by atoms with Crippen molar-refractivity contribution in [1.29, 1.82) is 5.26 Å². The lowest BCUT2D eigenvalue weighted by Gasteiger charge is -2.06. The second-order valence-corrected chi connectivity index (χ2v) is 5.41. The molecule has 8 nitrogen and oxygen atoms in total. The lowest BCUT2D eigenvalue weighted by molar-refractivity contribution is -0.112. The molecule has 0 aliphatic rings. The van der Waals surface area contributed by atoms with Gasteiger partial charge in [0.25, 0.3) is 5.91 Å². The molecule has 1 N–H and O–H groups in total. The third-order valence-corrected chi connectivity index (χ3v) is 3.66. The summed E-state index contributed by atoms with van der Waals surface area (Å²) < 4.78 is 6.62. The van der Waals surface area contributed by atoms with Crippen molar-refractivity contribution in [2.75, 3.05) is 11.9 Å². The van der Waals surface area contributed by atoms with Crippen LogP contribution in [0.1, 0.15) is 23.0 Å². The van der Waals surface area contributed by atoms with Crippen LogP contribution >= 0.6 is 0 Å². The van der Waals surface area contributed by atoms with Gasteiger partial charge >= 0.3 is 5.97 Å². The first-order chi connectivity index (χ1) is 13.1. The van der Waals surface area contributed by atoms with E-state index in [4.69, 9.17) is 4.74 Å². The van der Waals surface area contributed by atoms with Crippen LogP contribution < -0.4 is 5.32 Å². The molecular formula is C19H15N5O3. The summed E-state index contributed by atoms with van der Waals surface area (Å²) in [6, 6.07) is 8.11. The third-order valence-electron chi connectivity index (χ3n) is 3.66. The Morgan fingerprint density at radius 3 is 2.78 bits per heavy atom. The highest BCUT2D eigenvalue weighted by molar-refractivity contribution is 6.09. The molecule has 3 aromatic rings. The number of esters is 1. The number of imidazole rings is 1. The van der Waals surface area contributed by atoms with Crippen molar-refractivity contribution in [2.45, 2.75) is 6.92 Å². The fraction of sp³-hybridized carbons (Fsp3) is 0.105. The predicted molar refractivity (Wildman–Crippen MR) is 97.6 cm³/mol. The summed E-state index contributed by atoms with van der Waals surface area (Å²) in [6.07, 6.45) is 7.85. The predicted octanol–water partition coefficient (Wildman–Crippen LogP) is 2.45. The number of nitrogens with one attached hydrogen (secondary N) is 1. The molecule has 2 heterocycles. The molecule has 1 aromatic carbocycles. The second-order valence-electron chi connectivity index (χ2n) is 5.41. The van der Waals surface area contributed by atoms with E-state index in [9.17, 15) is 14.9 Å². The van der Waals surface area contributed by atoms with E-state index in [1.807, 2.05) is 6.07 Å². The molecule has 0 aliphatic carbocycles. The maximum absolute atomic E-state index is 12.4. The van der Waals surface area contributed by atoms with Gasteiger partial charge in [-0.15, -0.1) is 0 Å². The number of carbonyl (C=O) groups is 2. The molecule has 0 saturated heterocycles. The third kappa shape index (κ3) is 3.99. The van der Waals surface area contributed by atoms with E-state index >= 15 is 0 Å². The minimum Gasteiger partial charge on any atom is -0.462 e. The molecule has 2 aromatic heterocycles. The number of aromatic nitrogens is 3. The van der Waals surface area contributed by atoms with Crippen LogP contribution in [0.4, 0.5) is 5.69 Å². The monoisotopic (exact) mass is 361 g/mol. The summed E-state index contributed by atoms with van der Waals surface area (Å²) >= 11 is 0. The molecule has 1 amide bonds. The number of hydrogen-bond acceptors (Lipinski definition) is 6. The van der Waals surface area contributed by atoms with Gasteiger partial charge in [0.05, 0.1) is 30.3 Å². The normalized spacial score (nSPS) is 11.0. The van der Waals surface area contributed by atoms with E-state index in [-0.39, 0.29) is 12.2 Å². The molecule has 0 fully saturated rings. The molecule has 0 bridgehead atoms. The largest absolute Gasteiger partial charge is 0.462 e. The number of amides is 1. The summed E-state index contributed by atoms with van der Waals surface area (Å²) in [5.74, 6) is -1.000. The molecule has 8 heteroatoms. The fourth-order valence-electron chi connectivity index (χ4n) is 2.37. The topological polar surface area (TPSA) is 109 Å². The van der Waals surface area contributed by atoms with Gasteiger partial charge < -0.3 is 10.1 Å². The minimum absolute atomic E-state index is 0.0805. The first-order valence-electron chi connectivity index (χ1n) is 8.09. The Balaban J connectivity index is 1.78. The fourth-order valence-corrected chi connectivity index (χ4v) is 2.37. The Bertz CT molecular complexity index is 1060. The van der Waals surface area contributed by atoms with E-state index in [0.29, 0.717) is 22.6 Å². The van der Waals surface area contributed by atoms with Gasteiger partial charge in [0.1, 0.15) is 11.6 Å². The Morgan fingerprint density at radius 1 is 1.30 bits per heavy atom. The van der Waals surface area contributed by atoms with Crippen LogP contribution in [0, 0.1) is 11.3 Å². The summed E-state index contributed by atoms with van der Waals surface area (Å²) in [5.41, 5.74) is 1.94. The Kier molecular flexibility index (Phi) is 5.23. The average Bonchev–Trinajstić information content (AvgIpc) is 3.09. The Hall–Kier alpha value is -3.99. The number of benzene rings is 1. The van der Waals surface area contributed by atoms with Gasteiger partial charge in [0.15, 0.2) is 5.65 Å². The van der Waals surface area contributed by atoms with Crippen LogP contribution in [0.5, 0.6) is 0 Å². The van der Waals surface area contributed by atoms with Crippen LogP contribution in [0.2, 0.25) is 0 Å². The smallest absolute Gasteiger partial charge is 0.338 e. The average molecular weight is 361 g/mol. The van der Waals surface area contributed by atoms with Crippen molar-refractivity contribution < 1.29 is 14.3 Å². The highest BCUT2D eigenvalue weighted by atomic mass is 16.5. The SMILES string of the molecule is CCOC(=O)c1ccc(NC(=O)C(C#N)=Cc2cnc3cnccn23)cc1. The van der Waals surface area contributed by atoms with Gasteiger partial charge in [0, 0.05) is 18.1 Å². The maximum atomic E-state index is 12.4. The van der Waals surface area contributed by atoms with Gasteiger partial charge in [-0.3, -0.25) is 14.2 Å². The van der Waals surface area contributed by atoms with Crippen molar-refractivity contribution >= 4 is 29.3 Å². The van der Waals surface area contributed by atoms with E-state index < -0.39 is 11.9 Å². The number of ether oxygens (including phenoxy) is 1. The number of nitrogens with zero attached hydrogens (tertiary/aromatic N) is 4. The van der Waals surface area contributed by atoms with E-state index in [0.717, 1.165) is 0 Å². The quantitative estimate of drug-likeness (QED) is 0.425. The first kappa shape index (κ1) is 17.8. The van der Waals surface area contributed by atoms with Gasteiger partial charge in [-0.05, 0) is 37.3 Å². The molecule has 0 saturated carbocycles. The van der Waals surface area contributed by atoms with Gasteiger partial charge in [-0.1, -0.05) is 0 Å². The summed E-state index contributed by atoms with van der Waals surface area (Å²) in [7, 11) is 0. The summed E-state index contributed by atoms with van der Waals surface area (Å²) in [5, 5.41) is 12.0. The zero-order chi connectivity index (χ0) is 19.2. The molecule has 0 spiro atoms. The lowest BCUT2D eigenvalue weighted by Crippen LogP contribution is -2.14. The molecule has 0 atom stereocenters. The number of nitriles is 1.